The van der Waals surface area contributed by atoms with Gasteiger partial charge in [0.15, 0.2) is 0 Å². The van der Waals surface area contributed by atoms with Crippen LogP contribution in [0.3, 0.4) is 0 Å². The number of pyridine rings is 1. The second kappa shape index (κ2) is 8.16. The highest BCUT2D eigenvalue weighted by Crippen LogP contribution is 2.34. The van der Waals surface area contributed by atoms with Gasteiger partial charge in [0.2, 0.25) is 0 Å². The van der Waals surface area contributed by atoms with Crippen molar-refractivity contribution in [3.05, 3.63) is 71.7 Å². The fourth-order valence-electron chi connectivity index (χ4n) is 3.24. The third-order valence-electron chi connectivity index (χ3n) is 4.44. The molecule has 0 radical (unpaired) electrons. The molecule has 0 amide bonds. The van der Waals surface area contributed by atoms with Crippen LogP contribution in [0.2, 0.25) is 0 Å². The van der Waals surface area contributed by atoms with Gasteiger partial charge in [0.1, 0.15) is 0 Å². The SMILES string of the molecule is ClCCCN1CCC(c2ccccc2)CC1=Cc1ccccn1. The van der Waals surface area contributed by atoms with Crippen LogP contribution in [0.15, 0.2) is 60.4 Å². The lowest BCUT2D eigenvalue weighted by Crippen LogP contribution is -2.32. The number of halogens is 1. The van der Waals surface area contributed by atoms with Crippen LogP contribution in [0.5, 0.6) is 0 Å². The predicted octanol–water partition coefficient (Wildman–Crippen LogP) is 4.93. The summed E-state index contributed by atoms with van der Waals surface area (Å²) in [6, 6.07) is 16.9. The van der Waals surface area contributed by atoms with Gasteiger partial charge < -0.3 is 4.90 Å². The number of likely N-dealkylation sites (tertiary alicyclic amines) is 1. The van der Waals surface area contributed by atoms with Gasteiger partial charge in [-0.15, -0.1) is 11.6 Å². The number of allylic oxidation sites excluding steroid dienone is 1. The minimum Gasteiger partial charge on any atom is -0.375 e. The van der Waals surface area contributed by atoms with Crippen molar-refractivity contribution >= 4 is 17.7 Å². The van der Waals surface area contributed by atoms with E-state index in [9.17, 15) is 0 Å². The van der Waals surface area contributed by atoms with Gasteiger partial charge in [0.25, 0.3) is 0 Å². The third kappa shape index (κ3) is 4.35. The normalized spacial score (nSPS) is 20.0. The highest BCUT2D eigenvalue weighted by molar-refractivity contribution is 6.17. The number of rotatable bonds is 5. The van der Waals surface area contributed by atoms with E-state index in [1.807, 2.05) is 18.3 Å². The van der Waals surface area contributed by atoms with Gasteiger partial charge in [-0.3, -0.25) is 4.98 Å². The molecule has 1 aliphatic rings. The fourth-order valence-corrected chi connectivity index (χ4v) is 3.36. The molecule has 0 aliphatic carbocycles. The average Bonchev–Trinajstić information content (AvgIpc) is 2.62. The van der Waals surface area contributed by atoms with E-state index in [0.29, 0.717) is 5.92 Å². The van der Waals surface area contributed by atoms with Crippen LogP contribution in [0.4, 0.5) is 0 Å². The molecule has 0 saturated carbocycles. The molecule has 1 aliphatic heterocycles. The largest absolute Gasteiger partial charge is 0.375 e. The summed E-state index contributed by atoms with van der Waals surface area (Å²) in [6.07, 6.45) is 7.39. The molecule has 1 atom stereocenters. The standard InChI is InChI=1S/C20H23ClN2/c21-11-6-13-23-14-10-18(17-7-2-1-3-8-17)15-20(23)16-19-9-4-5-12-22-19/h1-5,7-9,12,16,18H,6,10-11,13-15H2. The maximum atomic E-state index is 5.89. The Morgan fingerprint density at radius 1 is 1.13 bits per heavy atom. The number of hydrogen-bond donors (Lipinski definition) is 0. The molecule has 1 aromatic heterocycles. The zero-order chi connectivity index (χ0) is 15.9. The molecule has 120 valence electrons. The minimum absolute atomic E-state index is 0.596. The van der Waals surface area contributed by atoms with Crippen molar-refractivity contribution in [1.29, 1.82) is 0 Å². The lowest BCUT2D eigenvalue weighted by atomic mass is 9.87. The fraction of sp³-hybridized carbons (Fsp3) is 0.350. The smallest absolute Gasteiger partial charge is 0.0646 e. The van der Waals surface area contributed by atoms with E-state index in [1.54, 1.807) is 0 Å². The van der Waals surface area contributed by atoms with Gasteiger partial charge in [-0.2, -0.15) is 0 Å². The second-order valence-corrected chi connectivity index (χ2v) is 6.40. The summed E-state index contributed by atoms with van der Waals surface area (Å²) in [6.45, 7) is 2.12. The number of aromatic nitrogens is 1. The average molecular weight is 327 g/mol. The summed E-state index contributed by atoms with van der Waals surface area (Å²) >= 11 is 5.89. The number of nitrogens with zero attached hydrogens (tertiary/aromatic N) is 2. The van der Waals surface area contributed by atoms with Gasteiger partial charge in [-0.05, 0) is 49.0 Å². The van der Waals surface area contributed by atoms with Crippen molar-refractivity contribution in [3.63, 3.8) is 0 Å². The molecule has 2 heterocycles. The maximum Gasteiger partial charge on any atom is 0.0646 e. The minimum atomic E-state index is 0.596. The van der Waals surface area contributed by atoms with Crippen LogP contribution in [0.1, 0.15) is 36.4 Å². The Kier molecular flexibility index (Phi) is 5.71. The van der Waals surface area contributed by atoms with Gasteiger partial charge in [-0.25, -0.2) is 0 Å². The zero-order valence-electron chi connectivity index (χ0n) is 13.4. The quantitative estimate of drug-likeness (QED) is 0.724. The lowest BCUT2D eigenvalue weighted by Gasteiger charge is -2.36. The van der Waals surface area contributed by atoms with Crippen LogP contribution in [-0.2, 0) is 0 Å². The van der Waals surface area contributed by atoms with Gasteiger partial charge in [0, 0.05) is 30.9 Å². The molecule has 0 bridgehead atoms. The second-order valence-electron chi connectivity index (χ2n) is 6.02. The van der Waals surface area contributed by atoms with E-state index >= 15 is 0 Å². The Labute approximate surface area is 143 Å². The first-order valence-corrected chi connectivity index (χ1v) is 8.88. The first-order valence-electron chi connectivity index (χ1n) is 8.34. The molecule has 23 heavy (non-hydrogen) atoms. The Bertz CT molecular complexity index is 625. The van der Waals surface area contributed by atoms with Crippen molar-refractivity contribution < 1.29 is 0 Å². The molecular formula is C20H23ClN2. The van der Waals surface area contributed by atoms with Crippen LogP contribution in [0, 0.1) is 0 Å². The highest BCUT2D eigenvalue weighted by atomic mass is 35.5. The molecule has 2 aromatic rings. The summed E-state index contributed by atoms with van der Waals surface area (Å²) in [7, 11) is 0. The van der Waals surface area contributed by atoms with Crippen molar-refractivity contribution in [3.8, 4) is 0 Å². The van der Waals surface area contributed by atoms with Gasteiger partial charge in [-0.1, -0.05) is 36.4 Å². The number of hydrogen-bond acceptors (Lipinski definition) is 2. The van der Waals surface area contributed by atoms with Crippen molar-refractivity contribution in [2.24, 2.45) is 0 Å². The van der Waals surface area contributed by atoms with E-state index in [0.717, 1.165) is 37.5 Å². The maximum absolute atomic E-state index is 5.89. The van der Waals surface area contributed by atoms with Crippen molar-refractivity contribution in [2.45, 2.75) is 25.2 Å². The predicted molar refractivity (Wildman–Crippen MR) is 97.5 cm³/mol. The molecule has 1 saturated heterocycles. The highest BCUT2D eigenvalue weighted by Gasteiger charge is 2.23. The van der Waals surface area contributed by atoms with Crippen molar-refractivity contribution in [1.82, 2.24) is 9.88 Å². The molecule has 0 N–H and O–H groups in total. The number of benzene rings is 1. The molecule has 3 heteroatoms. The van der Waals surface area contributed by atoms with Crippen LogP contribution < -0.4 is 0 Å². The first-order chi connectivity index (χ1) is 11.4. The molecule has 1 aromatic carbocycles. The molecule has 2 nitrogen and oxygen atoms in total. The summed E-state index contributed by atoms with van der Waals surface area (Å²) in [5.41, 5.74) is 3.86. The van der Waals surface area contributed by atoms with Gasteiger partial charge >= 0.3 is 0 Å². The Morgan fingerprint density at radius 2 is 1.96 bits per heavy atom. The van der Waals surface area contributed by atoms with E-state index in [1.165, 1.54) is 17.7 Å². The summed E-state index contributed by atoms with van der Waals surface area (Å²) in [4.78, 5) is 6.94. The van der Waals surface area contributed by atoms with Crippen LogP contribution in [0.25, 0.3) is 6.08 Å². The van der Waals surface area contributed by atoms with Crippen LogP contribution >= 0.6 is 11.6 Å². The molecule has 3 rings (SSSR count). The number of alkyl halides is 1. The summed E-state index contributed by atoms with van der Waals surface area (Å²) in [5, 5.41) is 0. The zero-order valence-corrected chi connectivity index (χ0v) is 14.1. The number of piperidine rings is 1. The molecule has 1 unspecified atom stereocenters. The topological polar surface area (TPSA) is 16.1 Å². The molecule has 0 spiro atoms. The third-order valence-corrected chi connectivity index (χ3v) is 4.71. The monoisotopic (exact) mass is 326 g/mol. The lowest BCUT2D eigenvalue weighted by molar-refractivity contribution is 0.276. The molecule has 1 fully saturated rings. The molecular weight excluding hydrogens is 304 g/mol. The van der Waals surface area contributed by atoms with E-state index in [2.05, 4.69) is 52.4 Å². The van der Waals surface area contributed by atoms with Crippen LogP contribution in [-0.4, -0.2) is 28.9 Å². The Balaban J connectivity index is 1.81. The summed E-state index contributed by atoms with van der Waals surface area (Å²) in [5.74, 6) is 1.31. The Morgan fingerprint density at radius 3 is 2.70 bits per heavy atom. The van der Waals surface area contributed by atoms with Gasteiger partial charge in [0.05, 0.1) is 5.69 Å². The van der Waals surface area contributed by atoms with E-state index in [-0.39, 0.29) is 0 Å². The summed E-state index contributed by atoms with van der Waals surface area (Å²) < 4.78 is 0. The van der Waals surface area contributed by atoms with Crippen molar-refractivity contribution in [2.75, 3.05) is 19.0 Å². The Hall–Kier alpha value is -1.80. The van der Waals surface area contributed by atoms with E-state index in [4.69, 9.17) is 11.6 Å². The first kappa shape index (κ1) is 16.1. The van der Waals surface area contributed by atoms with E-state index < -0.39 is 0 Å².